The molecule has 0 aliphatic heterocycles. The monoisotopic (exact) mass is 216 g/mol. The molecule has 0 spiro atoms. The molecule has 3 heteroatoms. The molecule has 13 heavy (non-hydrogen) atoms. The van der Waals surface area contributed by atoms with E-state index in [0.717, 1.165) is 28.5 Å². The average Bonchev–Trinajstić information content (AvgIpc) is 2.12. The van der Waals surface area contributed by atoms with E-state index in [2.05, 4.69) is 12.6 Å². The largest absolute Gasteiger partial charge is 0.494 e. The lowest BCUT2D eigenvalue weighted by Crippen LogP contribution is -1.97. The molecule has 0 bridgehead atoms. The summed E-state index contributed by atoms with van der Waals surface area (Å²) >= 11 is 9.98. The molecule has 0 radical (unpaired) electrons. The Kier molecular flexibility index (Phi) is 4.46. The lowest BCUT2D eigenvalue weighted by molar-refractivity contribution is 0.318. The van der Waals surface area contributed by atoms with E-state index < -0.39 is 0 Å². The summed E-state index contributed by atoms with van der Waals surface area (Å²) in [7, 11) is 0. The number of benzene rings is 1. The van der Waals surface area contributed by atoms with Crippen molar-refractivity contribution < 1.29 is 4.74 Å². The Morgan fingerprint density at radius 3 is 2.85 bits per heavy atom. The van der Waals surface area contributed by atoms with Gasteiger partial charge in [-0.2, -0.15) is 12.6 Å². The van der Waals surface area contributed by atoms with Crippen LogP contribution in [0.3, 0.4) is 0 Å². The molecule has 0 unspecified atom stereocenters. The lowest BCUT2D eigenvalue weighted by Gasteiger charge is -2.06. The van der Waals surface area contributed by atoms with Crippen molar-refractivity contribution in [3.05, 3.63) is 28.8 Å². The van der Waals surface area contributed by atoms with Crippen LogP contribution in [0.15, 0.2) is 18.2 Å². The molecule has 72 valence electrons. The van der Waals surface area contributed by atoms with E-state index in [0.29, 0.717) is 6.61 Å². The Labute approximate surface area is 89.5 Å². The van der Waals surface area contributed by atoms with Crippen molar-refractivity contribution in [3.63, 3.8) is 0 Å². The van der Waals surface area contributed by atoms with Crippen molar-refractivity contribution in [2.45, 2.75) is 13.3 Å². The highest BCUT2D eigenvalue weighted by molar-refractivity contribution is 7.80. The maximum atomic E-state index is 5.87. The molecule has 1 rings (SSSR count). The van der Waals surface area contributed by atoms with Gasteiger partial charge in [-0.15, -0.1) is 0 Å². The van der Waals surface area contributed by atoms with Gasteiger partial charge in [-0.1, -0.05) is 11.6 Å². The predicted octanol–water partition coefficient (Wildman–Crippen LogP) is 3.35. The summed E-state index contributed by atoms with van der Waals surface area (Å²) in [6.07, 6.45) is 0.963. The van der Waals surface area contributed by atoms with Crippen LogP contribution in [0, 0.1) is 6.92 Å². The molecule has 0 amide bonds. The molecule has 0 saturated heterocycles. The number of thiol groups is 1. The normalized spacial score (nSPS) is 10.1. The molecule has 0 N–H and O–H groups in total. The first-order valence-electron chi connectivity index (χ1n) is 4.24. The van der Waals surface area contributed by atoms with Crippen molar-refractivity contribution >= 4 is 24.2 Å². The topological polar surface area (TPSA) is 9.23 Å². The number of ether oxygens (including phenoxy) is 1. The Morgan fingerprint density at radius 1 is 1.46 bits per heavy atom. The minimum absolute atomic E-state index is 0.713. The van der Waals surface area contributed by atoms with E-state index in [4.69, 9.17) is 16.3 Å². The smallest absolute Gasteiger partial charge is 0.119 e. The highest BCUT2D eigenvalue weighted by atomic mass is 35.5. The average molecular weight is 217 g/mol. The molecular formula is C10H13ClOS. The zero-order valence-electron chi connectivity index (χ0n) is 7.59. The number of hydrogen-bond donors (Lipinski definition) is 1. The summed E-state index contributed by atoms with van der Waals surface area (Å²) in [5.74, 6) is 1.73. The Bertz CT molecular complexity index is 276. The first-order chi connectivity index (χ1) is 6.24. The maximum absolute atomic E-state index is 5.87. The van der Waals surface area contributed by atoms with Crippen molar-refractivity contribution in [1.82, 2.24) is 0 Å². The van der Waals surface area contributed by atoms with Crippen LogP contribution in [0.2, 0.25) is 5.02 Å². The lowest BCUT2D eigenvalue weighted by atomic mass is 10.2. The molecule has 0 saturated carbocycles. The van der Waals surface area contributed by atoms with Gasteiger partial charge in [0, 0.05) is 5.02 Å². The van der Waals surface area contributed by atoms with E-state index in [1.807, 2.05) is 25.1 Å². The van der Waals surface area contributed by atoms with Gasteiger partial charge in [-0.05, 0) is 42.9 Å². The first kappa shape index (κ1) is 10.7. The molecule has 0 heterocycles. The standard InChI is InChI=1S/C10H13ClOS/c1-8-7-9(3-4-10(8)11)12-5-2-6-13/h3-4,7,13H,2,5-6H2,1H3. The molecular weight excluding hydrogens is 204 g/mol. The third kappa shape index (κ3) is 3.49. The second-order valence-corrected chi connectivity index (χ2v) is 3.69. The second-order valence-electron chi connectivity index (χ2n) is 2.84. The second kappa shape index (κ2) is 5.40. The third-order valence-electron chi connectivity index (χ3n) is 1.70. The zero-order valence-corrected chi connectivity index (χ0v) is 9.24. The quantitative estimate of drug-likeness (QED) is 0.600. The summed E-state index contributed by atoms with van der Waals surface area (Å²) in [5, 5.41) is 0.779. The Morgan fingerprint density at radius 2 is 2.23 bits per heavy atom. The third-order valence-corrected chi connectivity index (χ3v) is 2.44. The van der Waals surface area contributed by atoms with Gasteiger partial charge in [0.25, 0.3) is 0 Å². The SMILES string of the molecule is Cc1cc(OCCCS)ccc1Cl. The van der Waals surface area contributed by atoms with Gasteiger partial charge >= 0.3 is 0 Å². The van der Waals surface area contributed by atoms with Crippen LogP contribution >= 0.6 is 24.2 Å². The van der Waals surface area contributed by atoms with Crippen molar-refractivity contribution in [2.75, 3.05) is 12.4 Å². The van der Waals surface area contributed by atoms with Gasteiger partial charge in [0.1, 0.15) is 5.75 Å². The minimum atomic E-state index is 0.713. The van der Waals surface area contributed by atoms with E-state index >= 15 is 0 Å². The number of rotatable bonds is 4. The van der Waals surface area contributed by atoms with E-state index in [1.165, 1.54) is 0 Å². The summed E-state index contributed by atoms with van der Waals surface area (Å²) in [5.41, 5.74) is 1.05. The van der Waals surface area contributed by atoms with E-state index in [9.17, 15) is 0 Å². The fraction of sp³-hybridized carbons (Fsp3) is 0.400. The molecule has 0 aliphatic carbocycles. The number of aryl methyl sites for hydroxylation is 1. The molecule has 1 aromatic carbocycles. The van der Waals surface area contributed by atoms with Gasteiger partial charge in [0.15, 0.2) is 0 Å². The van der Waals surface area contributed by atoms with Crippen LogP contribution < -0.4 is 4.74 Å². The Hall–Kier alpha value is -0.340. The molecule has 1 aromatic rings. The first-order valence-corrected chi connectivity index (χ1v) is 5.25. The molecule has 0 aromatic heterocycles. The van der Waals surface area contributed by atoms with Crippen molar-refractivity contribution in [2.24, 2.45) is 0 Å². The Balaban J connectivity index is 2.53. The minimum Gasteiger partial charge on any atom is -0.494 e. The van der Waals surface area contributed by atoms with Crippen LogP contribution in [0.1, 0.15) is 12.0 Å². The number of hydrogen-bond acceptors (Lipinski definition) is 2. The molecule has 0 fully saturated rings. The van der Waals surface area contributed by atoms with Gasteiger partial charge in [0.2, 0.25) is 0 Å². The molecule has 1 nitrogen and oxygen atoms in total. The maximum Gasteiger partial charge on any atom is 0.119 e. The van der Waals surface area contributed by atoms with Crippen LogP contribution in [0.4, 0.5) is 0 Å². The highest BCUT2D eigenvalue weighted by Gasteiger charge is 1.97. The van der Waals surface area contributed by atoms with E-state index in [1.54, 1.807) is 0 Å². The van der Waals surface area contributed by atoms with Crippen LogP contribution in [-0.2, 0) is 0 Å². The fourth-order valence-corrected chi connectivity index (χ4v) is 1.21. The predicted molar refractivity (Wildman–Crippen MR) is 60.2 cm³/mol. The summed E-state index contributed by atoms with van der Waals surface area (Å²) in [6.45, 7) is 2.68. The van der Waals surface area contributed by atoms with Crippen LogP contribution in [0.25, 0.3) is 0 Å². The molecule has 0 atom stereocenters. The number of halogens is 1. The van der Waals surface area contributed by atoms with Gasteiger partial charge in [0.05, 0.1) is 6.61 Å². The van der Waals surface area contributed by atoms with Gasteiger partial charge < -0.3 is 4.74 Å². The fourth-order valence-electron chi connectivity index (χ4n) is 0.962. The summed E-state index contributed by atoms with van der Waals surface area (Å²) in [4.78, 5) is 0. The van der Waals surface area contributed by atoms with Crippen molar-refractivity contribution in [3.8, 4) is 5.75 Å². The van der Waals surface area contributed by atoms with Crippen LogP contribution in [0.5, 0.6) is 5.75 Å². The zero-order chi connectivity index (χ0) is 9.68. The summed E-state index contributed by atoms with van der Waals surface area (Å²) in [6, 6.07) is 5.68. The van der Waals surface area contributed by atoms with E-state index in [-0.39, 0.29) is 0 Å². The highest BCUT2D eigenvalue weighted by Crippen LogP contribution is 2.20. The van der Waals surface area contributed by atoms with Crippen molar-refractivity contribution in [1.29, 1.82) is 0 Å². The van der Waals surface area contributed by atoms with Gasteiger partial charge in [-0.25, -0.2) is 0 Å². The molecule has 0 aliphatic rings. The van der Waals surface area contributed by atoms with Crippen LogP contribution in [-0.4, -0.2) is 12.4 Å². The van der Waals surface area contributed by atoms with Gasteiger partial charge in [-0.3, -0.25) is 0 Å². The summed E-state index contributed by atoms with van der Waals surface area (Å²) < 4.78 is 5.47.